The van der Waals surface area contributed by atoms with Gasteiger partial charge in [-0.3, -0.25) is 4.68 Å². The van der Waals surface area contributed by atoms with Crippen LogP contribution in [-0.4, -0.2) is 22.9 Å². The highest BCUT2D eigenvalue weighted by Crippen LogP contribution is 2.28. The first-order valence-electron chi connectivity index (χ1n) is 4.93. The molecule has 0 unspecified atom stereocenters. The Morgan fingerprint density at radius 2 is 2.14 bits per heavy atom. The van der Waals surface area contributed by atoms with Gasteiger partial charge in [-0.15, -0.1) is 0 Å². The summed E-state index contributed by atoms with van der Waals surface area (Å²) in [5.41, 5.74) is 7.85. The molecule has 0 saturated heterocycles. The number of anilines is 1. The summed E-state index contributed by atoms with van der Waals surface area (Å²) < 4.78 is 1.92. The minimum absolute atomic E-state index is 0.0994. The maximum absolute atomic E-state index is 5.45. The number of hydrogen-bond acceptors (Lipinski definition) is 3. The van der Waals surface area contributed by atoms with Gasteiger partial charge in [0.1, 0.15) is 0 Å². The molecule has 0 amide bonds. The number of nitrogens with zero attached hydrogens (tertiary/aromatic N) is 2. The number of aryl methyl sites for hydroxylation is 1. The average Bonchev–Trinajstić information content (AvgIpc) is 2.42. The van der Waals surface area contributed by atoms with Crippen LogP contribution in [0.2, 0.25) is 0 Å². The van der Waals surface area contributed by atoms with E-state index in [-0.39, 0.29) is 5.41 Å². The first-order valence-corrected chi connectivity index (χ1v) is 4.93. The predicted octanol–water partition coefficient (Wildman–Crippen LogP) is 1.09. The second-order valence-electron chi connectivity index (χ2n) is 4.50. The molecule has 3 N–H and O–H groups in total. The molecule has 0 atom stereocenters. The molecule has 0 aliphatic carbocycles. The molecule has 0 spiro atoms. The van der Waals surface area contributed by atoms with Gasteiger partial charge in [0.25, 0.3) is 0 Å². The maximum Gasteiger partial charge on any atom is 0.0765 e. The second-order valence-corrected chi connectivity index (χ2v) is 4.50. The molecule has 0 aromatic carbocycles. The SMILES string of the molecule is Cn1ncc(NCCN)c1C(C)(C)C. The number of nitrogens with two attached hydrogens (primary N) is 1. The lowest BCUT2D eigenvalue weighted by Gasteiger charge is -2.21. The van der Waals surface area contributed by atoms with Crippen molar-refractivity contribution in [3.8, 4) is 0 Å². The standard InChI is InChI=1S/C10H20N4/c1-10(2,3)9-8(12-6-5-11)7-13-14(9)4/h7,12H,5-6,11H2,1-4H3. The molecule has 4 heteroatoms. The van der Waals surface area contributed by atoms with Crippen LogP contribution in [0, 0.1) is 0 Å². The van der Waals surface area contributed by atoms with Crippen molar-refractivity contribution in [1.29, 1.82) is 0 Å². The van der Waals surface area contributed by atoms with Crippen LogP contribution in [-0.2, 0) is 12.5 Å². The van der Waals surface area contributed by atoms with Gasteiger partial charge in [-0.05, 0) is 0 Å². The fourth-order valence-electron chi connectivity index (χ4n) is 1.66. The Hall–Kier alpha value is -1.03. The fourth-order valence-corrected chi connectivity index (χ4v) is 1.66. The van der Waals surface area contributed by atoms with Crippen molar-refractivity contribution in [3.63, 3.8) is 0 Å². The lowest BCUT2D eigenvalue weighted by Crippen LogP contribution is -2.20. The quantitative estimate of drug-likeness (QED) is 0.761. The van der Waals surface area contributed by atoms with E-state index in [1.165, 1.54) is 5.69 Å². The van der Waals surface area contributed by atoms with E-state index in [0.29, 0.717) is 6.54 Å². The number of hydrogen-bond donors (Lipinski definition) is 2. The van der Waals surface area contributed by atoms with E-state index in [0.717, 1.165) is 12.2 Å². The lowest BCUT2D eigenvalue weighted by molar-refractivity contribution is 0.524. The van der Waals surface area contributed by atoms with Gasteiger partial charge >= 0.3 is 0 Å². The third kappa shape index (κ3) is 2.26. The van der Waals surface area contributed by atoms with Gasteiger partial charge in [0.15, 0.2) is 0 Å². The summed E-state index contributed by atoms with van der Waals surface area (Å²) >= 11 is 0. The van der Waals surface area contributed by atoms with Crippen molar-refractivity contribution in [3.05, 3.63) is 11.9 Å². The average molecular weight is 196 g/mol. The Morgan fingerprint density at radius 3 is 2.64 bits per heavy atom. The molecule has 80 valence electrons. The maximum atomic E-state index is 5.45. The predicted molar refractivity (Wildman–Crippen MR) is 59.5 cm³/mol. The Kier molecular flexibility index (Phi) is 3.16. The minimum atomic E-state index is 0.0994. The van der Waals surface area contributed by atoms with Crippen LogP contribution >= 0.6 is 0 Å². The van der Waals surface area contributed by atoms with Crippen molar-refractivity contribution in [2.24, 2.45) is 12.8 Å². The van der Waals surface area contributed by atoms with Gasteiger partial charge in [0.05, 0.1) is 17.6 Å². The molecule has 0 radical (unpaired) electrons. The largest absolute Gasteiger partial charge is 0.381 e. The van der Waals surface area contributed by atoms with Gasteiger partial charge in [-0.25, -0.2) is 0 Å². The van der Waals surface area contributed by atoms with Gasteiger partial charge < -0.3 is 11.1 Å². The van der Waals surface area contributed by atoms with Crippen LogP contribution in [0.4, 0.5) is 5.69 Å². The number of rotatable bonds is 3. The molecular formula is C10H20N4. The number of aromatic nitrogens is 2. The van der Waals surface area contributed by atoms with Crippen LogP contribution in [0.15, 0.2) is 6.20 Å². The van der Waals surface area contributed by atoms with E-state index in [1.807, 2.05) is 17.9 Å². The summed E-state index contributed by atoms with van der Waals surface area (Å²) in [6.45, 7) is 7.96. The molecule has 0 aliphatic heterocycles. The highest BCUT2D eigenvalue weighted by Gasteiger charge is 2.22. The molecule has 1 aromatic heterocycles. The highest BCUT2D eigenvalue weighted by molar-refractivity contribution is 5.49. The Bertz CT molecular complexity index is 296. The Balaban J connectivity index is 2.95. The first-order chi connectivity index (χ1) is 6.46. The van der Waals surface area contributed by atoms with E-state index in [4.69, 9.17) is 5.73 Å². The zero-order valence-corrected chi connectivity index (χ0v) is 9.46. The number of nitrogens with one attached hydrogen (secondary N) is 1. The van der Waals surface area contributed by atoms with Crippen LogP contribution in [0.1, 0.15) is 26.5 Å². The monoisotopic (exact) mass is 196 g/mol. The van der Waals surface area contributed by atoms with Crippen LogP contribution in [0.5, 0.6) is 0 Å². The van der Waals surface area contributed by atoms with Crippen molar-refractivity contribution in [1.82, 2.24) is 9.78 Å². The summed E-state index contributed by atoms with van der Waals surface area (Å²) in [5.74, 6) is 0. The first kappa shape index (κ1) is 11.0. The van der Waals surface area contributed by atoms with Crippen molar-refractivity contribution < 1.29 is 0 Å². The van der Waals surface area contributed by atoms with Gasteiger partial charge in [0, 0.05) is 25.6 Å². The molecule has 1 aromatic rings. The molecule has 0 saturated carbocycles. The lowest BCUT2D eigenvalue weighted by atomic mass is 9.91. The van der Waals surface area contributed by atoms with Crippen molar-refractivity contribution >= 4 is 5.69 Å². The summed E-state index contributed by atoms with van der Waals surface area (Å²) in [5, 5.41) is 7.53. The van der Waals surface area contributed by atoms with Crippen LogP contribution in [0.3, 0.4) is 0 Å². The minimum Gasteiger partial charge on any atom is -0.381 e. The molecule has 0 aliphatic rings. The fraction of sp³-hybridized carbons (Fsp3) is 0.700. The molecular weight excluding hydrogens is 176 g/mol. The third-order valence-electron chi connectivity index (χ3n) is 2.11. The molecule has 1 rings (SSSR count). The molecule has 1 heterocycles. The molecule has 4 nitrogen and oxygen atoms in total. The van der Waals surface area contributed by atoms with Crippen LogP contribution in [0.25, 0.3) is 0 Å². The van der Waals surface area contributed by atoms with Gasteiger partial charge in [-0.2, -0.15) is 5.10 Å². The van der Waals surface area contributed by atoms with Gasteiger partial charge in [0.2, 0.25) is 0 Å². The van der Waals surface area contributed by atoms with Crippen molar-refractivity contribution in [2.45, 2.75) is 26.2 Å². The highest BCUT2D eigenvalue weighted by atomic mass is 15.3. The Labute approximate surface area is 85.5 Å². The van der Waals surface area contributed by atoms with E-state index >= 15 is 0 Å². The van der Waals surface area contributed by atoms with E-state index in [9.17, 15) is 0 Å². The second kappa shape index (κ2) is 4.00. The zero-order chi connectivity index (χ0) is 10.8. The third-order valence-corrected chi connectivity index (χ3v) is 2.11. The summed E-state index contributed by atoms with van der Waals surface area (Å²) in [7, 11) is 1.97. The smallest absolute Gasteiger partial charge is 0.0765 e. The van der Waals surface area contributed by atoms with E-state index in [1.54, 1.807) is 0 Å². The van der Waals surface area contributed by atoms with Crippen LogP contribution < -0.4 is 11.1 Å². The van der Waals surface area contributed by atoms with Gasteiger partial charge in [-0.1, -0.05) is 20.8 Å². The molecule has 0 fully saturated rings. The normalized spacial score (nSPS) is 11.8. The van der Waals surface area contributed by atoms with E-state index < -0.39 is 0 Å². The Morgan fingerprint density at radius 1 is 1.50 bits per heavy atom. The topological polar surface area (TPSA) is 55.9 Å². The molecule has 0 bridgehead atoms. The van der Waals surface area contributed by atoms with Crippen molar-refractivity contribution in [2.75, 3.05) is 18.4 Å². The summed E-state index contributed by atoms with van der Waals surface area (Å²) in [6, 6.07) is 0. The summed E-state index contributed by atoms with van der Waals surface area (Å²) in [4.78, 5) is 0. The van der Waals surface area contributed by atoms with E-state index in [2.05, 4.69) is 31.2 Å². The molecule has 14 heavy (non-hydrogen) atoms. The summed E-state index contributed by atoms with van der Waals surface area (Å²) in [6.07, 6.45) is 1.86. The zero-order valence-electron chi connectivity index (χ0n) is 9.46.